The van der Waals surface area contributed by atoms with Crippen LogP contribution in [0.25, 0.3) is 10.9 Å². The number of nitrogens with one attached hydrogen (secondary N) is 2. The molecule has 0 saturated carbocycles. The van der Waals surface area contributed by atoms with Crippen molar-refractivity contribution in [1.29, 1.82) is 0 Å². The average Bonchev–Trinajstić information content (AvgIpc) is 2.76. The molecule has 0 saturated heterocycles. The Kier molecular flexibility index (Phi) is 7.09. The van der Waals surface area contributed by atoms with Crippen LogP contribution in [0.5, 0.6) is 0 Å². The van der Waals surface area contributed by atoms with Crippen molar-refractivity contribution >= 4 is 52.4 Å². The van der Waals surface area contributed by atoms with Crippen molar-refractivity contribution in [2.75, 3.05) is 25.2 Å². The van der Waals surface area contributed by atoms with Crippen molar-refractivity contribution < 1.29 is 9.59 Å². The van der Waals surface area contributed by atoms with Crippen LogP contribution in [0.3, 0.4) is 0 Å². The summed E-state index contributed by atoms with van der Waals surface area (Å²) in [7, 11) is 1.55. The third-order valence-corrected chi connectivity index (χ3v) is 5.77. The number of hydrogen-bond donors (Lipinski definition) is 2. The zero-order chi connectivity index (χ0) is 22.5. The van der Waals surface area contributed by atoms with Crippen LogP contribution in [0.4, 0.5) is 5.69 Å². The summed E-state index contributed by atoms with van der Waals surface area (Å²) in [5, 5.41) is 3.25. The number of fused-ring (bicyclic) bond motifs is 1. The number of nitrogens with zero attached hydrogens (tertiary/aromatic N) is 2. The number of amides is 2. The van der Waals surface area contributed by atoms with Crippen molar-refractivity contribution in [3.05, 3.63) is 75.8 Å². The molecule has 1 aromatic heterocycles. The zero-order valence-corrected chi connectivity index (χ0v) is 18.8. The number of anilines is 1. The van der Waals surface area contributed by atoms with Crippen LogP contribution in [0.2, 0.25) is 0 Å². The second kappa shape index (κ2) is 9.76. The van der Waals surface area contributed by atoms with E-state index in [-0.39, 0.29) is 28.7 Å². The zero-order valence-electron chi connectivity index (χ0n) is 17.2. The molecule has 0 aliphatic carbocycles. The number of likely N-dealkylation sites (N-methyl/N-ethyl adjacent to an activating group) is 1. The van der Waals surface area contributed by atoms with E-state index in [1.165, 1.54) is 21.2 Å². The number of para-hydroxylation sites is 1. The largest absolute Gasteiger partial charge is 0.332 e. The maximum atomic E-state index is 12.8. The molecule has 0 fully saturated rings. The van der Waals surface area contributed by atoms with Gasteiger partial charge < -0.3 is 15.2 Å². The van der Waals surface area contributed by atoms with Gasteiger partial charge >= 0.3 is 0 Å². The number of H-pyrrole nitrogens is 1. The Bertz CT molecular complexity index is 1280. The Morgan fingerprint density at radius 3 is 2.74 bits per heavy atom. The fraction of sp³-hybridized carbons (Fsp3) is 0.182. The van der Waals surface area contributed by atoms with Crippen LogP contribution in [-0.2, 0) is 11.3 Å². The molecular formula is C22H22N4O3S2. The molecule has 2 amide bonds. The molecular weight excluding hydrogens is 432 g/mol. The molecule has 0 aliphatic rings. The lowest BCUT2D eigenvalue weighted by Crippen LogP contribution is -2.35. The van der Waals surface area contributed by atoms with E-state index < -0.39 is 0 Å². The van der Waals surface area contributed by atoms with E-state index >= 15 is 0 Å². The number of carbonyl (C=O) groups is 2. The molecule has 7 nitrogen and oxygen atoms in total. The molecule has 1 heterocycles. The summed E-state index contributed by atoms with van der Waals surface area (Å²) in [5.41, 5.74) is 1.26. The quantitative estimate of drug-likeness (QED) is 0.323. The molecule has 3 rings (SSSR count). The summed E-state index contributed by atoms with van der Waals surface area (Å²) in [6, 6.07) is 12.2. The fourth-order valence-corrected chi connectivity index (χ4v) is 3.95. The van der Waals surface area contributed by atoms with E-state index in [0.717, 1.165) is 4.90 Å². The van der Waals surface area contributed by atoms with Gasteiger partial charge in [-0.25, -0.2) is 0 Å². The summed E-state index contributed by atoms with van der Waals surface area (Å²) in [4.78, 5) is 43.1. The fourth-order valence-electron chi connectivity index (χ4n) is 3.13. The van der Waals surface area contributed by atoms with Crippen LogP contribution in [0.15, 0.2) is 64.8 Å². The highest BCUT2D eigenvalue weighted by Crippen LogP contribution is 2.24. The van der Waals surface area contributed by atoms with Gasteiger partial charge in [0.05, 0.1) is 23.1 Å². The smallest absolute Gasteiger partial charge is 0.262 e. The molecule has 0 atom stereocenters. The highest BCUT2D eigenvalue weighted by molar-refractivity contribution is 7.98. The van der Waals surface area contributed by atoms with Gasteiger partial charge in [0.2, 0.25) is 5.91 Å². The molecule has 9 heteroatoms. The number of thioether (sulfide) groups is 1. The Hall–Kier alpha value is -3.17. The lowest BCUT2D eigenvalue weighted by atomic mass is 10.1. The van der Waals surface area contributed by atoms with Gasteiger partial charge in [0.25, 0.3) is 11.5 Å². The predicted octanol–water partition coefficient (Wildman–Crippen LogP) is 3.68. The van der Waals surface area contributed by atoms with E-state index in [2.05, 4.69) is 16.9 Å². The summed E-state index contributed by atoms with van der Waals surface area (Å²) < 4.78 is 1.65. The summed E-state index contributed by atoms with van der Waals surface area (Å²) in [5.74, 6) is -0.644. The number of carbonyl (C=O) groups excluding carboxylic acids is 2. The van der Waals surface area contributed by atoms with Crippen LogP contribution >= 0.6 is 24.0 Å². The number of benzene rings is 2. The minimum Gasteiger partial charge on any atom is -0.332 e. The minimum atomic E-state index is -0.343. The van der Waals surface area contributed by atoms with Gasteiger partial charge in [-0.05, 0) is 48.8 Å². The normalized spacial score (nSPS) is 10.6. The number of rotatable bonds is 7. The van der Waals surface area contributed by atoms with Gasteiger partial charge in [-0.15, -0.1) is 18.3 Å². The van der Waals surface area contributed by atoms with Crippen LogP contribution in [0.1, 0.15) is 10.4 Å². The third-order valence-electron chi connectivity index (χ3n) is 4.65. The highest BCUT2D eigenvalue weighted by atomic mass is 32.2. The Morgan fingerprint density at radius 2 is 2.03 bits per heavy atom. The highest BCUT2D eigenvalue weighted by Gasteiger charge is 2.17. The van der Waals surface area contributed by atoms with E-state index in [1.54, 1.807) is 31.3 Å². The van der Waals surface area contributed by atoms with E-state index in [1.807, 2.05) is 30.5 Å². The number of aromatic nitrogens is 2. The lowest BCUT2D eigenvalue weighted by Gasteiger charge is -2.18. The second-order valence-electron chi connectivity index (χ2n) is 6.80. The first-order valence-corrected chi connectivity index (χ1v) is 11.0. The molecule has 2 aromatic carbocycles. The molecule has 0 radical (unpaired) electrons. The van der Waals surface area contributed by atoms with Gasteiger partial charge in [-0.3, -0.25) is 19.0 Å². The van der Waals surface area contributed by atoms with Gasteiger partial charge in [0.15, 0.2) is 4.77 Å². The van der Waals surface area contributed by atoms with Crippen LogP contribution in [-0.4, -0.2) is 46.1 Å². The summed E-state index contributed by atoms with van der Waals surface area (Å²) in [6.07, 6.45) is 3.52. The minimum absolute atomic E-state index is 0.115. The molecule has 0 aliphatic heterocycles. The Balaban J connectivity index is 1.79. The first kappa shape index (κ1) is 22.5. The van der Waals surface area contributed by atoms with Crippen molar-refractivity contribution in [3.8, 4) is 0 Å². The maximum absolute atomic E-state index is 12.8. The molecule has 0 bridgehead atoms. The SMILES string of the molecule is C=CCn1c(=S)[nH]c2cc(C(=O)N(C)CC(=O)Nc3ccccc3SC)ccc2c1=O. The average molecular weight is 455 g/mol. The Morgan fingerprint density at radius 1 is 1.29 bits per heavy atom. The monoisotopic (exact) mass is 454 g/mol. The standard InChI is InChI=1S/C22H22N4O3S2/c1-4-11-26-21(29)15-10-9-14(12-17(15)24-22(26)30)20(28)25(2)13-19(27)23-16-7-5-6-8-18(16)31-3/h4-10,12H,1,11,13H2,2-3H3,(H,23,27)(H,24,30). The third kappa shape index (κ3) is 4.95. The van der Waals surface area contributed by atoms with E-state index in [9.17, 15) is 14.4 Å². The van der Waals surface area contributed by atoms with E-state index in [0.29, 0.717) is 28.7 Å². The molecule has 3 aromatic rings. The van der Waals surface area contributed by atoms with E-state index in [4.69, 9.17) is 12.2 Å². The van der Waals surface area contributed by atoms with Crippen molar-refractivity contribution in [2.24, 2.45) is 0 Å². The summed E-state index contributed by atoms with van der Waals surface area (Å²) in [6.45, 7) is 3.81. The maximum Gasteiger partial charge on any atom is 0.262 e. The lowest BCUT2D eigenvalue weighted by molar-refractivity contribution is -0.116. The topological polar surface area (TPSA) is 87.2 Å². The first-order valence-electron chi connectivity index (χ1n) is 9.41. The number of allylic oxidation sites excluding steroid dienone is 1. The van der Waals surface area contributed by atoms with Gasteiger partial charge in [-0.1, -0.05) is 18.2 Å². The van der Waals surface area contributed by atoms with Gasteiger partial charge in [0, 0.05) is 24.1 Å². The van der Waals surface area contributed by atoms with Crippen molar-refractivity contribution in [2.45, 2.75) is 11.4 Å². The van der Waals surface area contributed by atoms with Crippen molar-refractivity contribution in [3.63, 3.8) is 0 Å². The molecule has 0 unspecified atom stereocenters. The van der Waals surface area contributed by atoms with Crippen LogP contribution < -0.4 is 10.9 Å². The van der Waals surface area contributed by atoms with Gasteiger partial charge in [-0.2, -0.15) is 0 Å². The molecule has 0 spiro atoms. The first-order chi connectivity index (χ1) is 14.8. The Labute approximate surface area is 188 Å². The molecule has 2 N–H and O–H groups in total. The predicted molar refractivity (Wildman–Crippen MR) is 127 cm³/mol. The number of hydrogen-bond acceptors (Lipinski definition) is 5. The number of aromatic amines is 1. The summed E-state index contributed by atoms with van der Waals surface area (Å²) >= 11 is 6.77. The molecule has 160 valence electrons. The van der Waals surface area contributed by atoms with Crippen molar-refractivity contribution in [1.82, 2.24) is 14.5 Å². The molecule has 31 heavy (non-hydrogen) atoms. The second-order valence-corrected chi connectivity index (χ2v) is 8.04. The van der Waals surface area contributed by atoms with Crippen LogP contribution in [0, 0.1) is 4.77 Å². The van der Waals surface area contributed by atoms with Gasteiger partial charge in [0.1, 0.15) is 0 Å².